The zero-order valence-electron chi connectivity index (χ0n) is 13.8. The summed E-state index contributed by atoms with van der Waals surface area (Å²) >= 11 is 0. The lowest BCUT2D eigenvalue weighted by molar-refractivity contribution is 0.0600. The second kappa shape index (κ2) is 8.29. The van der Waals surface area contributed by atoms with Gasteiger partial charge in [0.2, 0.25) is 0 Å². The van der Waals surface area contributed by atoms with Crippen LogP contribution in [0.3, 0.4) is 0 Å². The minimum absolute atomic E-state index is 0.0779. The molecular formula is C17H18N2O5S. The normalized spacial score (nSPS) is 11.3. The number of hydrogen-bond donors (Lipinski definition) is 1. The van der Waals surface area contributed by atoms with E-state index < -0.39 is 16.0 Å². The molecule has 0 atom stereocenters. The molecule has 0 aliphatic carbocycles. The molecule has 7 nitrogen and oxygen atoms in total. The first-order valence-electron chi connectivity index (χ1n) is 7.42. The fourth-order valence-electron chi connectivity index (χ4n) is 1.93. The minimum Gasteiger partial charge on any atom is -0.494 e. The number of esters is 1. The number of nitrogens with one attached hydrogen (secondary N) is 1. The highest BCUT2D eigenvalue weighted by Gasteiger charge is 2.12. The molecule has 0 fully saturated rings. The molecule has 8 heteroatoms. The van der Waals surface area contributed by atoms with Crippen LogP contribution in [0, 0.1) is 0 Å². The largest absolute Gasteiger partial charge is 0.494 e. The van der Waals surface area contributed by atoms with Gasteiger partial charge < -0.3 is 9.47 Å². The van der Waals surface area contributed by atoms with Crippen LogP contribution in [0.1, 0.15) is 22.8 Å². The molecule has 0 spiro atoms. The van der Waals surface area contributed by atoms with Crippen LogP contribution in [0.15, 0.2) is 58.5 Å². The molecule has 0 aliphatic heterocycles. The molecule has 0 aliphatic rings. The Morgan fingerprint density at radius 2 is 1.76 bits per heavy atom. The molecule has 0 radical (unpaired) electrons. The average molecular weight is 362 g/mol. The molecule has 0 saturated carbocycles. The van der Waals surface area contributed by atoms with Crippen molar-refractivity contribution in [2.75, 3.05) is 13.7 Å². The molecule has 0 aromatic heterocycles. The molecule has 0 heterocycles. The summed E-state index contributed by atoms with van der Waals surface area (Å²) in [6, 6.07) is 12.4. The second-order valence-corrected chi connectivity index (χ2v) is 6.53. The van der Waals surface area contributed by atoms with Crippen LogP contribution in [0.4, 0.5) is 0 Å². The van der Waals surface area contributed by atoms with E-state index in [2.05, 4.69) is 14.7 Å². The van der Waals surface area contributed by atoms with E-state index in [9.17, 15) is 13.2 Å². The van der Waals surface area contributed by atoms with Crippen molar-refractivity contribution in [2.45, 2.75) is 11.8 Å². The van der Waals surface area contributed by atoms with Gasteiger partial charge in [0, 0.05) is 0 Å². The fraction of sp³-hybridized carbons (Fsp3) is 0.176. The number of ether oxygens (including phenoxy) is 2. The zero-order valence-corrected chi connectivity index (χ0v) is 14.6. The highest BCUT2D eigenvalue weighted by molar-refractivity contribution is 7.89. The average Bonchev–Trinajstić information content (AvgIpc) is 2.62. The van der Waals surface area contributed by atoms with Crippen molar-refractivity contribution in [1.29, 1.82) is 0 Å². The third-order valence-corrected chi connectivity index (χ3v) is 4.40. The maximum Gasteiger partial charge on any atom is 0.337 e. The number of carbonyl (C=O) groups excluding carboxylic acids is 1. The van der Waals surface area contributed by atoms with Gasteiger partial charge in [0.05, 0.1) is 30.4 Å². The summed E-state index contributed by atoms with van der Waals surface area (Å²) in [5, 5.41) is 3.73. The number of benzene rings is 2. The van der Waals surface area contributed by atoms with Crippen LogP contribution < -0.4 is 9.57 Å². The summed E-state index contributed by atoms with van der Waals surface area (Å²) in [6.07, 6.45) is 1.34. The monoisotopic (exact) mass is 362 g/mol. The van der Waals surface area contributed by atoms with Gasteiger partial charge >= 0.3 is 5.97 Å². The van der Waals surface area contributed by atoms with Gasteiger partial charge in [0.15, 0.2) is 0 Å². The smallest absolute Gasteiger partial charge is 0.337 e. The Morgan fingerprint density at radius 3 is 2.32 bits per heavy atom. The number of nitrogens with zero attached hydrogens (tertiary/aromatic N) is 1. The van der Waals surface area contributed by atoms with Crippen LogP contribution >= 0.6 is 0 Å². The Hall–Kier alpha value is -2.87. The van der Waals surface area contributed by atoms with Crippen LogP contribution in [-0.2, 0) is 14.8 Å². The predicted molar refractivity (Wildman–Crippen MR) is 93.3 cm³/mol. The summed E-state index contributed by atoms with van der Waals surface area (Å²) in [6.45, 7) is 2.35. The lowest BCUT2D eigenvalue weighted by Gasteiger charge is -2.05. The highest BCUT2D eigenvalue weighted by Crippen LogP contribution is 2.15. The van der Waals surface area contributed by atoms with Crippen LogP contribution in [0.2, 0.25) is 0 Å². The van der Waals surface area contributed by atoms with Gasteiger partial charge in [-0.25, -0.2) is 9.63 Å². The predicted octanol–water partition coefficient (Wildman–Crippen LogP) is 2.18. The molecule has 0 bridgehead atoms. The zero-order chi connectivity index (χ0) is 18.3. The molecule has 2 aromatic carbocycles. The van der Waals surface area contributed by atoms with E-state index in [0.29, 0.717) is 23.5 Å². The standard InChI is InChI=1S/C17H18N2O5S/c1-3-24-15-8-10-16(11-9-15)25(21,22)19-18-12-13-4-6-14(7-5-13)17(20)23-2/h4-12,19H,3H2,1-2H3/b18-12-. The van der Waals surface area contributed by atoms with Crippen LogP contribution in [-0.4, -0.2) is 34.3 Å². The first-order chi connectivity index (χ1) is 12.0. The first-order valence-corrected chi connectivity index (χ1v) is 8.90. The maximum absolute atomic E-state index is 12.1. The third kappa shape index (κ3) is 5.05. The molecule has 0 saturated heterocycles. The van der Waals surface area contributed by atoms with Crippen molar-refractivity contribution < 1.29 is 22.7 Å². The molecule has 1 N–H and O–H groups in total. The van der Waals surface area contributed by atoms with Crippen molar-refractivity contribution in [3.63, 3.8) is 0 Å². The van der Waals surface area contributed by atoms with Gasteiger partial charge in [0.25, 0.3) is 10.0 Å². The molecule has 2 rings (SSSR count). The van der Waals surface area contributed by atoms with Gasteiger partial charge in [0.1, 0.15) is 5.75 Å². The molecular weight excluding hydrogens is 344 g/mol. The van der Waals surface area contributed by atoms with Gasteiger partial charge in [-0.05, 0) is 48.9 Å². The van der Waals surface area contributed by atoms with E-state index in [1.54, 1.807) is 36.4 Å². The Morgan fingerprint density at radius 1 is 1.12 bits per heavy atom. The fourth-order valence-corrected chi connectivity index (χ4v) is 2.72. The lowest BCUT2D eigenvalue weighted by atomic mass is 10.1. The highest BCUT2D eigenvalue weighted by atomic mass is 32.2. The summed E-state index contributed by atoms with van der Waals surface area (Å²) < 4.78 is 34.2. The number of carbonyl (C=O) groups is 1. The third-order valence-electron chi connectivity index (χ3n) is 3.16. The Kier molecular flexibility index (Phi) is 6.13. The number of hydrazone groups is 1. The Bertz CT molecular complexity index is 844. The summed E-state index contributed by atoms with van der Waals surface area (Å²) in [5.74, 6) is 0.148. The number of rotatable bonds is 7. The van der Waals surface area contributed by atoms with E-state index >= 15 is 0 Å². The second-order valence-electron chi connectivity index (χ2n) is 4.87. The van der Waals surface area contributed by atoms with Crippen molar-refractivity contribution in [3.8, 4) is 5.75 Å². The Balaban J connectivity index is 2.03. The van der Waals surface area contributed by atoms with E-state index in [-0.39, 0.29) is 4.90 Å². The number of methoxy groups -OCH3 is 1. The van der Waals surface area contributed by atoms with Crippen molar-refractivity contribution in [1.82, 2.24) is 4.83 Å². The van der Waals surface area contributed by atoms with E-state index in [0.717, 1.165) is 0 Å². The SMILES string of the molecule is CCOc1ccc(S(=O)(=O)N/N=C\c2ccc(C(=O)OC)cc2)cc1. The lowest BCUT2D eigenvalue weighted by Crippen LogP contribution is -2.18. The van der Waals surface area contributed by atoms with Gasteiger partial charge in [-0.1, -0.05) is 12.1 Å². The minimum atomic E-state index is -3.77. The maximum atomic E-state index is 12.1. The summed E-state index contributed by atoms with van der Waals surface area (Å²) in [7, 11) is -2.47. The van der Waals surface area contributed by atoms with Gasteiger partial charge in [-0.3, -0.25) is 0 Å². The first kappa shape index (κ1) is 18.5. The summed E-state index contributed by atoms with van der Waals surface area (Å²) in [4.78, 5) is 13.5. The van der Waals surface area contributed by atoms with E-state index in [1.165, 1.54) is 25.5 Å². The molecule has 132 valence electrons. The van der Waals surface area contributed by atoms with Crippen LogP contribution in [0.25, 0.3) is 0 Å². The van der Waals surface area contributed by atoms with E-state index in [4.69, 9.17) is 4.74 Å². The summed E-state index contributed by atoms with van der Waals surface area (Å²) in [5.41, 5.74) is 1.02. The van der Waals surface area contributed by atoms with Crippen molar-refractivity contribution >= 4 is 22.2 Å². The molecule has 0 unspecified atom stereocenters. The number of sulfonamides is 1. The topological polar surface area (TPSA) is 94.1 Å². The van der Waals surface area contributed by atoms with E-state index in [1.807, 2.05) is 6.92 Å². The number of hydrogen-bond acceptors (Lipinski definition) is 6. The van der Waals surface area contributed by atoms with Crippen molar-refractivity contribution in [2.24, 2.45) is 5.10 Å². The molecule has 0 amide bonds. The van der Waals surface area contributed by atoms with Gasteiger partial charge in [-0.15, -0.1) is 0 Å². The Labute approximate surface area is 146 Å². The van der Waals surface area contributed by atoms with Gasteiger partial charge in [-0.2, -0.15) is 13.5 Å². The molecule has 25 heavy (non-hydrogen) atoms. The quantitative estimate of drug-likeness (QED) is 0.463. The van der Waals surface area contributed by atoms with Crippen LogP contribution in [0.5, 0.6) is 5.75 Å². The van der Waals surface area contributed by atoms with Crippen molar-refractivity contribution in [3.05, 3.63) is 59.7 Å². The molecule has 2 aromatic rings.